The smallest absolute Gasteiger partial charge is 0.141 e. The molecule has 0 amide bonds. The molecule has 1 saturated heterocycles. The van der Waals surface area contributed by atoms with E-state index in [2.05, 4.69) is 22.4 Å². The van der Waals surface area contributed by atoms with Crippen molar-refractivity contribution in [3.63, 3.8) is 0 Å². The summed E-state index contributed by atoms with van der Waals surface area (Å²) in [7, 11) is 0. The van der Waals surface area contributed by atoms with Crippen molar-refractivity contribution in [2.45, 2.75) is 18.9 Å². The molecule has 1 aliphatic heterocycles. The standard InChI is InChI=1S/C23H22ClFN2O/c24-20-6-7-22(18(11-20)10-16-4-2-1-3-5-16)28-23(17-8-9-26-13-17)19-12-21(25)15-27-14-19/h1-7,11-12,14-15,17,23,26H,8-10,13H2/t17-,23+/m0/s1. The number of pyridine rings is 1. The Morgan fingerprint density at radius 1 is 1.14 bits per heavy atom. The lowest BCUT2D eigenvalue weighted by atomic mass is 9.95. The maximum absolute atomic E-state index is 13.8. The van der Waals surface area contributed by atoms with Gasteiger partial charge in [0.1, 0.15) is 17.7 Å². The number of benzene rings is 2. The average molecular weight is 397 g/mol. The normalized spacial score (nSPS) is 17.4. The molecule has 1 aromatic heterocycles. The number of ether oxygens (including phenoxy) is 1. The van der Waals surface area contributed by atoms with E-state index >= 15 is 0 Å². The second-order valence-electron chi connectivity index (χ2n) is 7.14. The Kier molecular flexibility index (Phi) is 5.89. The predicted octanol–water partition coefficient (Wildman–Crippen LogP) is 5.19. The van der Waals surface area contributed by atoms with Crippen LogP contribution in [0, 0.1) is 11.7 Å². The lowest BCUT2D eigenvalue weighted by Crippen LogP contribution is -2.22. The molecule has 1 N–H and O–H groups in total. The van der Waals surface area contributed by atoms with Gasteiger partial charge < -0.3 is 10.1 Å². The Morgan fingerprint density at radius 3 is 2.75 bits per heavy atom. The molecule has 144 valence electrons. The molecule has 28 heavy (non-hydrogen) atoms. The summed E-state index contributed by atoms with van der Waals surface area (Å²) in [6.45, 7) is 1.77. The van der Waals surface area contributed by atoms with Crippen molar-refractivity contribution in [2.24, 2.45) is 5.92 Å². The van der Waals surface area contributed by atoms with Crippen LogP contribution in [0.1, 0.15) is 29.2 Å². The molecule has 4 rings (SSSR count). The molecule has 3 aromatic rings. The number of hydrogen-bond donors (Lipinski definition) is 1. The molecular weight excluding hydrogens is 375 g/mol. The molecule has 0 spiro atoms. The Bertz CT molecular complexity index is 929. The van der Waals surface area contributed by atoms with Crippen molar-refractivity contribution < 1.29 is 9.13 Å². The van der Waals surface area contributed by atoms with Crippen LogP contribution in [0.25, 0.3) is 0 Å². The van der Waals surface area contributed by atoms with E-state index in [1.807, 2.05) is 36.4 Å². The van der Waals surface area contributed by atoms with Gasteiger partial charge in [0.25, 0.3) is 0 Å². The molecule has 1 fully saturated rings. The highest BCUT2D eigenvalue weighted by molar-refractivity contribution is 6.30. The fourth-order valence-corrected chi connectivity index (χ4v) is 3.90. The Balaban J connectivity index is 1.66. The highest BCUT2D eigenvalue weighted by Crippen LogP contribution is 2.35. The maximum atomic E-state index is 13.8. The van der Waals surface area contributed by atoms with Crippen LogP contribution in [0.5, 0.6) is 5.75 Å². The highest BCUT2D eigenvalue weighted by atomic mass is 35.5. The van der Waals surface area contributed by atoms with Crippen molar-refractivity contribution in [1.29, 1.82) is 0 Å². The summed E-state index contributed by atoms with van der Waals surface area (Å²) < 4.78 is 20.3. The topological polar surface area (TPSA) is 34.1 Å². The number of halogens is 2. The summed E-state index contributed by atoms with van der Waals surface area (Å²) in [5.74, 6) is 0.677. The molecule has 0 unspecified atom stereocenters. The fraction of sp³-hybridized carbons (Fsp3) is 0.261. The monoisotopic (exact) mass is 396 g/mol. The van der Waals surface area contributed by atoms with E-state index in [1.54, 1.807) is 6.20 Å². The van der Waals surface area contributed by atoms with Gasteiger partial charge in [-0.25, -0.2) is 4.39 Å². The van der Waals surface area contributed by atoms with Crippen molar-refractivity contribution in [1.82, 2.24) is 10.3 Å². The Hall–Kier alpha value is -2.43. The van der Waals surface area contributed by atoms with Crippen molar-refractivity contribution in [3.8, 4) is 5.75 Å². The number of rotatable bonds is 6. The minimum Gasteiger partial charge on any atom is -0.485 e. The molecule has 1 aliphatic rings. The van der Waals surface area contributed by atoms with Gasteiger partial charge in [-0.05, 0) is 42.8 Å². The summed E-state index contributed by atoms with van der Waals surface area (Å²) in [4.78, 5) is 4.03. The molecule has 0 saturated carbocycles. The van der Waals surface area contributed by atoms with E-state index in [4.69, 9.17) is 16.3 Å². The molecule has 0 radical (unpaired) electrons. The minimum absolute atomic E-state index is 0.254. The molecule has 3 nitrogen and oxygen atoms in total. The van der Waals surface area contributed by atoms with E-state index in [-0.39, 0.29) is 17.8 Å². The second kappa shape index (κ2) is 8.72. The Labute approximate surface area is 169 Å². The number of nitrogens with one attached hydrogen (secondary N) is 1. The van der Waals surface area contributed by atoms with E-state index < -0.39 is 0 Å². The molecule has 2 atom stereocenters. The van der Waals surface area contributed by atoms with Gasteiger partial charge >= 0.3 is 0 Å². The van der Waals surface area contributed by atoms with E-state index in [1.165, 1.54) is 17.8 Å². The molecule has 0 aliphatic carbocycles. The van der Waals surface area contributed by atoms with Crippen molar-refractivity contribution in [2.75, 3.05) is 13.1 Å². The van der Waals surface area contributed by atoms with Crippen LogP contribution in [0.2, 0.25) is 5.02 Å². The van der Waals surface area contributed by atoms with E-state index in [9.17, 15) is 4.39 Å². The summed E-state index contributed by atoms with van der Waals surface area (Å²) in [5.41, 5.74) is 2.95. The molecule has 0 bridgehead atoms. The summed E-state index contributed by atoms with van der Waals surface area (Å²) in [6, 6.07) is 17.4. The quantitative estimate of drug-likeness (QED) is 0.622. The van der Waals surface area contributed by atoms with Crippen molar-refractivity contribution >= 4 is 11.6 Å². The predicted molar refractivity (Wildman–Crippen MR) is 109 cm³/mol. The lowest BCUT2D eigenvalue weighted by Gasteiger charge is -2.26. The number of nitrogens with zero attached hydrogens (tertiary/aromatic N) is 1. The zero-order chi connectivity index (χ0) is 19.3. The van der Waals surface area contributed by atoms with Gasteiger partial charge in [-0.2, -0.15) is 0 Å². The third kappa shape index (κ3) is 4.51. The number of aromatic nitrogens is 1. The van der Waals surface area contributed by atoms with Crippen LogP contribution in [0.4, 0.5) is 4.39 Å². The maximum Gasteiger partial charge on any atom is 0.141 e. The van der Waals surface area contributed by atoms with Crippen LogP contribution in [-0.2, 0) is 6.42 Å². The minimum atomic E-state index is -0.349. The highest BCUT2D eigenvalue weighted by Gasteiger charge is 2.29. The largest absolute Gasteiger partial charge is 0.485 e. The van der Waals surface area contributed by atoms with Gasteiger partial charge in [-0.1, -0.05) is 41.9 Å². The molecular formula is C23H22ClFN2O. The molecule has 5 heteroatoms. The second-order valence-corrected chi connectivity index (χ2v) is 7.58. The van der Waals surface area contributed by atoms with Gasteiger partial charge in [-0.3, -0.25) is 4.98 Å². The zero-order valence-corrected chi connectivity index (χ0v) is 16.2. The van der Waals surface area contributed by atoms with Crippen LogP contribution in [0.15, 0.2) is 67.0 Å². The Morgan fingerprint density at radius 2 is 2.00 bits per heavy atom. The summed E-state index contributed by atoms with van der Waals surface area (Å²) in [5, 5.41) is 4.04. The number of hydrogen-bond acceptors (Lipinski definition) is 3. The lowest BCUT2D eigenvalue weighted by molar-refractivity contribution is 0.142. The first-order valence-electron chi connectivity index (χ1n) is 9.49. The third-order valence-corrected chi connectivity index (χ3v) is 5.33. The van der Waals surface area contributed by atoms with Crippen LogP contribution in [-0.4, -0.2) is 18.1 Å². The fourth-order valence-electron chi connectivity index (χ4n) is 3.71. The summed E-state index contributed by atoms with van der Waals surface area (Å²) in [6.07, 6.45) is 4.33. The van der Waals surface area contributed by atoms with E-state index in [0.717, 1.165) is 36.4 Å². The van der Waals surface area contributed by atoms with Crippen LogP contribution < -0.4 is 10.1 Å². The van der Waals surface area contributed by atoms with E-state index in [0.29, 0.717) is 11.4 Å². The molecule has 2 aromatic carbocycles. The SMILES string of the molecule is Fc1cncc([C@H](Oc2ccc(Cl)cc2Cc2ccccc2)[C@H]2CCNC2)c1. The first-order valence-corrected chi connectivity index (χ1v) is 9.87. The van der Waals surface area contributed by atoms with Gasteiger partial charge in [0.05, 0.1) is 6.20 Å². The van der Waals surface area contributed by atoms with Gasteiger partial charge in [0.2, 0.25) is 0 Å². The van der Waals surface area contributed by atoms with Crippen molar-refractivity contribution in [3.05, 3.63) is 94.5 Å². The van der Waals surface area contributed by atoms with Crippen LogP contribution in [0.3, 0.4) is 0 Å². The third-order valence-electron chi connectivity index (χ3n) is 5.10. The van der Waals surface area contributed by atoms with Gasteiger partial charge in [-0.15, -0.1) is 0 Å². The zero-order valence-electron chi connectivity index (χ0n) is 15.4. The first-order chi connectivity index (χ1) is 13.7. The average Bonchev–Trinajstić information content (AvgIpc) is 3.23. The van der Waals surface area contributed by atoms with Gasteiger partial charge in [0, 0.05) is 41.2 Å². The molecule has 2 heterocycles. The first kappa shape index (κ1) is 18.9. The summed E-state index contributed by atoms with van der Waals surface area (Å²) >= 11 is 6.26. The van der Waals surface area contributed by atoms with Crippen LogP contribution >= 0.6 is 11.6 Å². The van der Waals surface area contributed by atoms with Gasteiger partial charge in [0.15, 0.2) is 0 Å².